The van der Waals surface area contributed by atoms with Crippen LogP contribution in [0.4, 0.5) is 0 Å². The fraction of sp³-hybridized carbons (Fsp3) is 0.357. The van der Waals surface area contributed by atoms with Gasteiger partial charge in [0.25, 0.3) is 0 Å². The van der Waals surface area contributed by atoms with Crippen molar-refractivity contribution in [2.24, 2.45) is 5.41 Å². The molecule has 2 aromatic carbocycles. The number of furan rings is 1. The lowest BCUT2D eigenvalue weighted by molar-refractivity contribution is 0.410. The molecule has 0 saturated heterocycles. The summed E-state index contributed by atoms with van der Waals surface area (Å²) in [6.45, 7) is 9.25. The van der Waals surface area contributed by atoms with Crippen LogP contribution in [0.5, 0.6) is 0 Å². The molecule has 3 heterocycles. The predicted octanol–water partition coefficient (Wildman–Crippen LogP) is 8.45. The number of fused-ring (bicyclic) bond motifs is 4. The number of aryl methyl sites for hydroxylation is 1. The molecule has 5 rings (SSSR count). The Morgan fingerprint density at radius 3 is 2.59 bits per heavy atom. The highest BCUT2D eigenvalue weighted by atomic mass is 32.1. The summed E-state index contributed by atoms with van der Waals surface area (Å²) in [6.07, 6.45) is -0.617. The molecule has 0 atom stereocenters. The quantitative estimate of drug-likeness (QED) is 0.272. The monoisotopic (exact) mass is 447 g/mol. The second-order valence-corrected chi connectivity index (χ2v) is 11.4. The second kappa shape index (κ2) is 7.14. The fourth-order valence-corrected chi connectivity index (χ4v) is 4.90. The van der Waals surface area contributed by atoms with Crippen molar-refractivity contribution in [3.8, 4) is 11.3 Å². The molecule has 0 N–H and O–H groups in total. The lowest BCUT2D eigenvalue weighted by atomic mass is 9.86. The Labute approximate surface area is 200 Å². The van der Waals surface area contributed by atoms with Crippen molar-refractivity contribution in [1.82, 2.24) is 9.97 Å². The number of hydrogen-bond donors (Lipinski definition) is 0. The summed E-state index contributed by atoms with van der Waals surface area (Å²) in [5.74, 6) is 0. The molecule has 0 aliphatic rings. The summed E-state index contributed by atoms with van der Waals surface area (Å²) in [5, 5.41) is 2.96. The van der Waals surface area contributed by atoms with Crippen molar-refractivity contribution < 1.29 is 11.3 Å². The Morgan fingerprint density at radius 2 is 1.88 bits per heavy atom. The Morgan fingerprint density at radius 1 is 1.06 bits per heavy atom. The molecule has 0 saturated carbocycles. The van der Waals surface area contributed by atoms with Gasteiger partial charge in [0.1, 0.15) is 11.2 Å². The average Bonchev–Trinajstić information content (AvgIpc) is 3.36. The number of nitrogens with zero attached hydrogens (tertiary/aromatic N) is 2. The van der Waals surface area contributed by atoms with E-state index in [0.29, 0.717) is 22.4 Å². The maximum atomic E-state index is 8.84. The molecule has 0 fully saturated rings. The smallest absolute Gasteiger partial charge is 0.144 e. The van der Waals surface area contributed by atoms with Crippen LogP contribution in [-0.2, 0) is 11.8 Å². The van der Waals surface area contributed by atoms with Crippen molar-refractivity contribution in [1.29, 1.82) is 0 Å². The molecule has 3 aromatic heterocycles. The lowest BCUT2D eigenvalue weighted by Gasteiger charge is -2.20. The summed E-state index contributed by atoms with van der Waals surface area (Å²) in [5.41, 5.74) is 2.56. The Kier molecular flexibility index (Phi) is 3.57. The van der Waals surface area contributed by atoms with Crippen LogP contribution in [-0.4, -0.2) is 9.97 Å². The molecule has 3 nitrogen and oxygen atoms in total. The Balaban J connectivity index is 1.74. The number of aromatic nitrogens is 2. The third kappa shape index (κ3) is 3.71. The third-order valence-electron chi connectivity index (χ3n) is 5.34. The second-order valence-electron chi connectivity index (χ2n) is 10.4. The van der Waals surface area contributed by atoms with Gasteiger partial charge in [0.05, 0.1) is 20.9 Å². The van der Waals surface area contributed by atoms with Crippen LogP contribution in [0.15, 0.2) is 47.0 Å². The van der Waals surface area contributed by atoms with Crippen LogP contribution < -0.4 is 0 Å². The van der Waals surface area contributed by atoms with E-state index in [-0.39, 0.29) is 16.5 Å². The van der Waals surface area contributed by atoms with Gasteiger partial charge in [0.15, 0.2) is 0 Å². The molecule has 32 heavy (non-hydrogen) atoms. The van der Waals surface area contributed by atoms with Crippen molar-refractivity contribution in [2.45, 2.75) is 60.2 Å². The number of para-hydroxylation sites is 1. The van der Waals surface area contributed by atoms with Crippen molar-refractivity contribution >= 4 is 43.5 Å². The fourth-order valence-electron chi connectivity index (χ4n) is 3.85. The highest BCUT2D eigenvalue weighted by molar-refractivity contribution is 7.18. The van der Waals surface area contributed by atoms with Gasteiger partial charge in [-0.15, -0.1) is 11.3 Å². The van der Waals surface area contributed by atoms with E-state index in [4.69, 9.17) is 16.3 Å². The molecule has 164 valence electrons. The van der Waals surface area contributed by atoms with E-state index in [2.05, 4.69) is 31.8 Å². The molecule has 0 radical (unpaired) electrons. The van der Waals surface area contributed by atoms with Crippen LogP contribution in [0.25, 0.3) is 43.4 Å². The minimum absolute atomic E-state index is 0.0394. The first-order valence-electron chi connectivity index (χ1n) is 13.3. The summed E-state index contributed by atoms with van der Waals surface area (Å²) >= 11 is 1.68. The number of thiazole rings is 1. The standard InChI is InChI=1S/C28H30N2OS/c1-16-15-29-21(11-17(16)14-27(2,3)4)19-10-8-9-18-20-12-24-22(13-23(20)31-25(18)19)30-26(32-24)28(5,6)7/h8-13,15H,14H2,1-7H3/i1D3,14D2. The van der Waals surface area contributed by atoms with Crippen molar-refractivity contribution in [3.05, 3.63) is 58.7 Å². The Bertz CT molecular complexity index is 1670. The normalized spacial score (nSPS) is 16.1. The molecule has 0 bridgehead atoms. The molecule has 0 amide bonds. The van der Waals surface area contributed by atoms with Gasteiger partial charge in [-0.1, -0.05) is 53.7 Å². The van der Waals surface area contributed by atoms with Gasteiger partial charge in [-0.25, -0.2) is 4.98 Å². The number of benzene rings is 2. The van der Waals surface area contributed by atoms with Gasteiger partial charge in [-0.05, 0) is 48.0 Å². The number of pyridine rings is 1. The maximum absolute atomic E-state index is 8.84. The minimum Gasteiger partial charge on any atom is -0.455 e. The van der Waals surface area contributed by atoms with E-state index >= 15 is 0 Å². The van der Waals surface area contributed by atoms with E-state index in [1.165, 1.54) is 6.20 Å². The highest BCUT2D eigenvalue weighted by Gasteiger charge is 2.21. The van der Waals surface area contributed by atoms with Gasteiger partial charge in [0.2, 0.25) is 0 Å². The van der Waals surface area contributed by atoms with Crippen LogP contribution in [0.3, 0.4) is 0 Å². The van der Waals surface area contributed by atoms with Gasteiger partial charge in [-0.2, -0.15) is 0 Å². The van der Waals surface area contributed by atoms with E-state index < -0.39 is 18.6 Å². The molecule has 5 aromatic rings. The van der Waals surface area contributed by atoms with Crippen molar-refractivity contribution in [3.63, 3.8) is 0 Å². The average molecular weight is 448 g/mol. The van der Waals surface area contributed by atoms with E-state index in [1.54, 1.807) is 38.2 Å². The van der Waals surface area contributed by atoms with Gasteiger partial charge >= 0.3 is 0 Å². The number of hydrogen-bond acceptors (Lipinski definition) is 4. The van der Waals surface area contributed by atoms with E-state index in [0.717, 1.165) is 26.0 Å². The maximum Gasteiger partial charge on any atom is 0.144 e. The summed E-state index contributed by atoms with van der Waals surface area (Å²) < 4.78 is 49.1. The van der Waals surface area contributed by atoms with Gasteiger partial charge in [-0.3, -0.25) is 4.98 Å². The van der Waals surface area contributed by atoms with E-state index in [9.17, 15) is 0 Å². The largest absolute Gasteiger partial charge is 0.455 e. The zero-order valence-corrected chi connectivity index (χ0v) is 20.1. The molecular formula is C28H30N2OS. The third-order valence-corrected chi connectivity index (χ3v) is 6.78. The Hall–Kier alpha value is -2.72. The minimum atomic E-state index is -2.49. The first kappa shape index (κ1) is 16.0. The topological polar surface area (TPSA) is 38.9 Å². The molecule has 0 unspecified atom stereocenters. The zero-order chi connectivity index (χ0) is 27.1. The van der Waals surface area contributed by atoms with Crippen LogP contribution >= 0.6 is 11.3 Å². The molecule has 4 heteroatoms. The van der Waals surface area contributed by atoms with Crippen LogP contribution in [0.1, 0.15) is 64.5 Å². The van der Waals surface area contributed by atoms with Crippen LogP contribution in [0.2, 0.25) is 0 Å². The molecule has 0 spiro atoms. The summed E-state index contributed by atoms with van der Waals surface area (Å²) in [4.78, 5) is 9.31. The highest BCUT2D eigenvalue weighted by Crippen LogP contribution is 2.40. The van der Waals surface area contributed by atoms with Crippen LogP contribution in [0, 0.1) is 12.3 Å². The number of rotatable bonds is 2. The van der Waals surface area contributed by atoms with E-state index in [1.807, 2.05) is 24.3 Å². The van der Waals surface area contributed by atoms with Gasteiger partial charge < -0.3 is 4.42 Å². The first-order valence-corrected chi connectivity index (χ1v) is 11.6. The SMILES string of the molecule is [2H]C([2H])([2H])c1cnc(-c2cccc3c2oc2cc4nc(C(C)(C)C)sc4cc23)cc1C([2H])([2H])C(C)(C)C. The molecule has 0 aliphatic carbocycles. The predicted molar refractivity (Wildman–Crippen MR) is 137 cm³/mol. The summed E-state index contributed by atoms with van der Waals surface area (Å²) in [6, 6.07) is 11.4. The summed E-state index contributed by atoms with van der Waals surface area (Å²) in [7, 11) is 0. The first-order chi connectivity index (χ1) is 17.0. The van der Waals surface area contributed by atoms with Gasteiger partial charge in [0, 0.05) is 40.9 Å². The molecule has 0 aliphatic heterocycles. The van der Waals surface area contributed by atoms with Crippen molar-refractivity contribution in [2.75, 3.05) is 0 Å². The zero-order valence-electron chi connectivity index (χ0n) is 24.3. The molecular weight excluding hydrogens is 412 g/mol. The lowest BCUT2D eigenvalue weighted by Crippen LogP contribution is -2.10.